The van der Waals surface area contributed by atoms with E-state index < -0.39 is 5.97 Å². The molecule has 0 aliphatic carbocycles. The molecule has 1 fully saturated rings. The largest absolute Gasteiger partial charge is 0.480 e. The molecule has 0 amide bonds. The van der Waals surface area contributed by atoms with Gasteiger partial charge in [0, 0.05) is 25.5 Å². The maximum atomic E-state index is 10.5. The van der Waals surface area contributed by atoms with E-state index in [0.717, 1.165) is 32.7 Å². The second kappa shape index (κ2) is 7.25. The molecule has 2 heterocycles. The number of piperidine rings is 1. The van der Waals surface area contributed by atoms with Crippen LogP contribution in [0, 0.1) is 5.92 Å². The van der Waals surface area contributed by atoms with Crippen LogP contribution in [0.5, 0.6) is 0 Å². The van der Waals surface area contributed by atoms with Gasteiger partial charge in [0.25, 0.3) is 0 Å². The Balaban J connectivity index is 1.66. The molecule has 19 heavy (non-hydrogen) atoms. The van der Waals surface area contributed by atoms with Crippen molar-refractivity contribution in [3.05, 3.63) is 18.5 Å². The lowest BCUT2D eigenvalue weighted by molar-refractivity contribution is -0.136. The van der Waals surface area contributed by atoms with E-state index in [4.69, 9.17) is 5.11 Å². The Morgan fingerprint density at radius 2 is 2.37 bits per heavy atom. The lowest BCUT2D eigenvalue weighted by atomic mass is 9.98. The van der Waals surface area contributed by atoms with Crippen molar-refractivity contribution in [2.24, 2.45) is 5.92 Å². The number of nitrogens with zero attached hydrogens (tertiary/aromatic N) is 3. The third kappa shape index (κ3) is 5.00. The summed E-state index contributed by atoms with van der Waals surface area (Å²) in [5.41, 5.74) is 0. The summed E-state index contributed by atoms with van der Waals surface area (Å²) in [6.45, 7) is 4.97. The summed E-state index contributed by atoms with van der Waals surface area (Å²) in [6.07, 6.45) is 6.16. The number of likely N-dealkylation sites (tertiary alicyclic amines) is 1. The summed E-state index contributed by atoms with van der Waals surface area (Å²) in [4.78, 5) is 12.9. The molecule has 0 spiro atoms. The highest BCUT2D eigenvalue weighted by atomic mass is 16.4. The molecule has 1 aromatic rings. The number of hydrogen-bond acceptors (Lipinski definition) is 4. The molecule has 6 nitrogen and oxygen atoms in total. The van der Waals surface area contributed by atoms with Gasteiger partial charge in [-0.25, -0.2) is 0 Å². The summed E-state index contributed by atoms with van der Waals surface area (Å²) >= 11 is 0. The normalized spacial score (nSPS) is 20.5. The van der Waals surface area contributed by atoms with E-state index in [1.165, 1.54) is 12.8 Å². The minimum atomic E-state index is -0.786. The molecule has 2 N–H and O–H groups in total. The van der Waals surface area contributed by atoms with E-state index in [2.05, 4.69) is 15.3 Å². The van der Waals surface area contributed by atoms with Gasteiger partial charge in [0.1, 0.15) is 0 Å². The smallest absolute Gasteiger partial charge is 0.317 e. The molecular formula is C13H22N4O2. The van der Waals surface area contributed by atoms with Gasteiger partial charge in [-0.05, 0) is 37.9 Å². The number of nitrogens with one attached hydrogen (secondary N) is 1. The van der Waals surface area contributed by atoms with Gasteiger partial charge in [0.15, 0.2) is 0 Å². The van der Waals surface area contributed by atoms with Gasteiger partial charge in [-0.15, -0.1) is 0 Å². The first-order chi connectivity index (χ1) is 9.24. The van der Waals surface area contributed by atoms with Crippen molar-refractivity contribution < 1.29 is 9.90 Å². The summed E-state index contributed by atoms with van der Waals surface area (Å²) in [5, 5.41) is 15.8. The number of aromatic nitrogens is 2. The number of carboxylic acids is 1. The van der Waals surface area contributed by atoms with Crippen LogP contribution in [0.25, 0.3) is 0 Å². The van der Waals surface area contributed by atoms with Crippen LogP contribution < -0.4 is 5.32 Å². The lowest BCUT2D eigenvalue weighted by Gasteiger charge is -2.32. The molecule has 0 radical (unpaired) electrons. The van der Waals surface area contributed by atoms with Gasteiger partial charge in [0.05, 0.1) is 13.1 Å². The molecule has 1 aliphatic rings. The van der Waals surface area contributed by atoms with Crippen molar-refractivity contribution in [3.63, 3.8) is 0 Å². The fourth-order valence-electron chi connectivity index (χ4n) is 2.58. The third-order valence-electron chi connectivity index (χ3n) is 3.52. The first kappa shape index (κ1) is 14.0. The zero-order valence-corrected chi connectivity index (χ0v) is 11.2. The van der Waals surface area contributed by atoms with E-state index >= 15 is 0 Å². The fraction of sp³-hybridized carbons (Fsp3) is 0.692. The Morgan fingerprint density at radius 3 is 3.11 bits per heavy atom. The second-order valence-corrected chi connectivity index (χ2v) is 5.10. The molecule has 1 unspecified atom stereocenters. The molecule has 1 aromatic heterocycles. The molecule has 0 bridgehead atoms. The van der Waals surface area contributed by atoms with Crippen molar-refractivity contribution in [2.45, 2.75) is 19.4 Å². The number of carbonyl (C=O) groups is 1. The van der Waals surface area contributed by atoms with Gasteiger partial charge in [-0.3, -0.25) is 9.48 Å². The van der Waals surface area contributed by atoms with Crippen LogP contribution in [-0.4, -0.2) is 58.5 Å². The lowest BCUT2D eigenvalue weighted by Crippen LogP contribution is -2.41. The van der Waals surface area contributed by atoms with Crippen LogP contribution in [-0.2, 0) is 11.3 Å². The van der Waals surface area contributed by atoms with E-state index in [1.807, 2.05) is 16.9 Å². The number of hydrogen-bond donors (Lipinski definition) is 2. The second-order valence-electron chi connectivity index (χ2n) is 5.10. The molecule has 1 saturated heterocycles. The van der Waals surface area contributed by atoms with E-state index in [0.29, 0.717) is 5.92 Å². The molecular weight excluding hydrogens is 244 g/mol. The van der Waals surface area contributed by atoms with Crippen molar-refractivity contribution in [3.8, 4) is 0 Å². The molecule has 0 aromatic carbocycles. The van der Waals surface area contributed by atoms with Gasteiger partial charge in [-0.2, -0.15) is 5.10 Å². The SMILES string of the molecule is O=C(O)CNCC1CCCN(CCn2cccn2)C1. The number of rotatable bonds is 7. The first-order valence-electron chi connectivity index (χ1n) is 6.86. The molecule has 0 saturated carbocycles. The summed E-state index contributed by atoms with van der Waals surface area (Å²) in [5.74, 6) is -0.225. The van der Waals surface area contributed by atoms with Crippen molar-refractivity contribution in [1.82, 2.24) is 20.0 Å². The molecule has 106 valence electrons. The zero-order valence-electron chi connectivity index (χ0n) is 11.2. The Kier molecular flexibility index (Phi) is 5.35. The van der Waals surface area contributed by atoms with Crippen LogP contribution in [0.15, 0.2) is 18.5 Å². The van der Waals surface area contributed by atoms with Crippen LogP contribution >= 0.6 is 0 Å². The Bertz CT molecular complexity index is 380. The average molecular weight is 266 g/mol. The quantitative estimate of drug-likeness (QED) is 0.741. The Labute approximate surface area is 113 Å². The average Bonchev–Trinajstić information content (AvgIpc) is 2.89. The highest BCUT2D eigenvalue weighted by Gasteiger charge is 2.19. The summed E-state index contributed by atoms with van der Waals surface area (Å²) in [7, 11) is 0. The van der Waals surface area contributed by atoms with Crippen molar-refractivity contribution >= 4 is 5.97 Å². The molecule has 1 atom stereocenters. The van der Waals surface area contributed by atoms with E-state index in [1.54, 1.807) is 6.20 Å². The van der Waals surface area contributed by atoms with Crippen molar-refractivity contribution in [1.29, 1.82) is 0 Å². The zero-order chi connectivity index (χ0) is 13.5. The maximum Gasteiger partial charge on any atom is 0.317 e. The van der Waals surface area contributed by atoms with Crippen LogP contribution in [0.2, 0.25) is 0 Å². The topological polar surface area (TPSA) is 70.4 Å². The number of aliphatic carboxylic acids is 1. The van der Waals surface area contributed by atoms with Crippen LogP contribution in [0.1, 0.15) is 12.8 Å². The Hall–Kier alpha value is -1.40. The fourth-order valence-corrected chi connectivity index (χ4v) is 2.58. The van der Waals surface area contributed by atoms with Gasteiger partial charge in [-0.1, -0.05) is 0 Å². The van der Waals surface area contributed by atoms with Crippen LogP contribution in [0.4, 0.5) is 0 Å². The minimum absolute atomic E-state index is 0.0593. The van der Waals surface area contributed by atoms with Gasteiger partial charge >= 0.3 is 5.97 Å². The highest BCUT2D eigenvalue weighted by molar-refractivity contribution is 5.68. The molecule has 2 rings (SSSR count). The van der Waals surface area contributed by atoms with E-state index in [-0.39, 0.29) is 6.54 Å². The van der Waals surface area contributed by atoms with Crippen molar-refractivity contribution in [2.75, 3.05) is 32.7 Å². The van der Waals surface area contributed by atoms with Crippen LogP contribution in [0.3, 0.4) is 0 Å². The monoisotopic (exact) mass is 266 g/mol. The standard InChI is InChI=1S/C13H22N4O2/c18-13(19)10-14-9-12-3-1-5-16(11-12)7-8-17-6-2-4-15-17/h2,4,6,12,14H,1,3,5,7-11H2,(H,18,19). The summed E-state index contributed by atoms with van der Waals surface area (Å²) < 4.78 is 1.95. The van der Waals surface area contributed by atoms with Gasteiger partial charge in [0.2, 0.25) is 0 Å². The Morgan fingerprint density at radius 1 is 1.47 bits per heavy atom. The highest BCUT2D eigenvalue weighted by Crippen LogP contribution is 2.15. The van der Waals surface area contributed by atoms with Gasteiger partial charge < -0.3 is 15.3 Å². The minimum Gasteiger partial charge on any atom is -0.480 e. The third-order valence-corrected chi connectivity index (χ3v) is 3.52. The summed E-state index contributed by atoms with van der Waals surface area (Å²) in [6, 6.07) is 1.94. The first-order valence-corrected chi connectivity index (χ1v) is 6.86. The molecule has 6 heteroatoms. The molecule has 1 aliphatic heterocycles. The maximum absolute atomic E-state index is 10.5. The van der Waals surface area contributed by atoms with E-state index in [9.17, 15) is 4.79 Å². The predicted octanol–water partition coefficient (Wildman–Crippen LogP) is 0.269. The number of carboxylic acid groups (broad SMARTS) is 1. The predicted molar refractivity (Wildman–Crippen MR) is 71.9 cm³/mol.